The summed E-state index contributed by atoms with van der Waals surface area (Å²) in [6.45, 7) is 7.97. The number of rotatable bonds is 6. The number of nitrogens with zero attached hydrogens (tertiary/aromatic N) is 5. The van der Waals surface area contributed by atoms with Crippen LogP contribution in [0.15, 0.2) is 42.9 Å². The molecule has 1 atom stereocenters. The highest BCUT2D eigenvalue weighted by molar-refractivity contribution is 5.81. The van der Waals surface area contributed by atoms with Crippen LogP contribution in [0.25, 0.3) is 22.5 Å². The van der Waals surface area contributed by atoms with E-state index in [4.69, 9.17) is 5.10 Å². The molecule has 1 fully saturated rings. The van der Waals surface area contributed by atoms with Crippen molar-refractivity contribution in [3.05, 3.63) is 48.5 Å². The zero-order chi connectivity index (χ0) is 18.8. The van der Waals surface area contributed by atoms with Gasteiger partial charge in [-0.15, -0.1) is 0 Å². The van der Waals surface area contributed by atoms with Gasteiger partial charge >= 0.3 is 0 Å². The molecular formula is C22H29N5. The normalized spacial score (nSPS) is 16.1. The molecule has 1 aliphatic heterocycles. The van der Waals surface area contributed by atoms with Crippen LogP contribution in [-0.2, 0) is 7.05 Å². The Morgan fingerprint density at radius 1 is 1.11 bits per heavy atom. The Kier molecular flexibility index (Phi) is 5.12. The third kappa shape index (κ3) is 3.44. The van der Waals surface area contributed by atoms with Gasteiger partial charge in [0.15, 0.2) is 0 Å². The molecule has 2 aromatic heterocycles. The molecular weight excluding hydrogens is 334 g/mol. The molecule has 3 aromatic rings. The van der Waals surface area contributed by atoms with Crippen molar-refractivity contribution in [1.29, 1.82) is 0 Å². The molecule has 1 saturated heterocycles. The van der Waals surface area contributed by atoms with E-state index in [1.54, 1.807) is 0 Å². The average molecular weight is 364 g/mol. The highest BCUT2D eigenvalue weighted by Gasteiger charge is 2.24. The van der Waals surface area contributed by atoms with E-state index in [1.165, 1.54) is 42.9 Å². The van der Waals surface area contributed by atoms with E-state index in [0.717, 1.165) is 24.2 Å². The van der Waals surface area contributed by atoms with Gasteiger partial charge in [0.1, 0.15) is 5.69 Å². The fourth-order valence-electron chi connectivity index (χ4n) is 4.18. The number of hydrogen-bond acceptors (Lipinski definition) is 3. The molecule has 0 aliphatic carbocycles. The second kappa shape index (κ2) is 7.69. The Morgan fingerprint density at radius 3 is 2.56 bits per heavy atom. The average Bonchev–Trinajstić information content (AvgIpc) is 3.42. The summed E-state index contributed by atoms with van der Waals surface area (Å²) in [6, 6.07) is 10.9. The Balaban J connectivity index is 1.76. The lowest BCUT2D eigenvalue weighted by atomic mass is 10.0. The van der Waals surface area contributed by atoms with Gasteiger partial charge in [0, 0.05) is 36.5 Å². The van der Waals surface area contributed by atoms with E-state index < -0.39 is 0 Å². The molecule has 142 valence electrons. The lowest BCUT2D eigenvalue weighted by molar-refractivity contribution is 0.273. The SMILES string of the molecule is CC[C@@H](CN1CCCC1)n1cncc1-c1c(-c2ccccc2)nn(C)c1C. The van der Waals surface area contributed by atoms with Crippen molar-refractivity contribution >= 4 is 0 Å². The van der Waals surface area contributed by atoms with Crippen LogP contribution in [0.5, 0.6) is 0 Å². The first-order chi connectivity index (χ1) is 13.2. The summed E-state index contributed by atoms with van der Waals surface area (Å²) in [6.07, 6.45) is 7.75. The molecule has 0 saturated carbocycles. The highest BCUT2D eigenvalue weighted by atomic mass is 15.3. The Labute approximate surface area is 161 Å². The van der Waals surface area contributed by atoms with Gasteiger partial charge in [-0.25, -0.2) is 4.98 Å². The maximum Gasteiger partial charge on any atom is 0.102 e. The van der Waals surface area contributed by atoms with Crippen LogP contribution in [0.2, 0.25) is 0 Å². The van der Waals surface area contributed by atoms with Crippen LogP contribution in [0.4, 0.5) is 0 Å². The van der Waals surface area contributed by atoms with E-state index in [9.17, 15) is 0 Å². The van der Waals surface area contributed by atoms with Crippen molar-refractivity contribution in [2.24, 2.45) is 7.05 Å². The van der Waals surface area contributed by atoms with Gasteiger partial charge in [0.25, 0.3) is 0 Å². The minimum absolute atomic E-state index is 0.434. The van der Waals surface area contributed by atoms with Gasteiger partial charge in [0.05, 0.1) is 18.2 Å². The van der Waals surface area contributed by atoms with Crippen molar-refractivity contribution in [1.82, 2.24) is 24.2 Å². The lowest BCUT2D eigenvalue weighted by Crippen LogP contribution is -2.28. The zero-order valence-electron chi connectivity index (χ0n) is 16.6. The topological polar surface area (TPSA) is 38.9 Å². The summed E-state index contributed by atoms with van der Waals surface area (Å²) >= 11 is 0. The quantitative estimate of drug-likeness (QED) is 0.655. The summed E-state index contributed by atoms with van der Waals surface area (Å²) in [7, 11) is 2.02. The van der Waals surface area contributed by atoms with Crippen molar-refractivity contribution in [3.8, 4) is 22.5 Å². The number of aryl methyl sites for hydroxylation is 1. The van der Waals surface area contributed by atoms with Gasteiger partial charge < -0.3 is 9.47 Å². The van der Waals surface area contributed by atoms with E-state index in [1.807, 2.05) is 30.3 Å². The number of hydrogen-bond donors (Lipinski definition) is 0. The molecule has 0 amide bonds. The van der Waals surface area contributed by atoms with Crippen molar-refractivity contribution < 1.29 is 0 Å². The maximum atomic E-state index is 4.83. The van der Waals surface area contributed by atoms with Crippen LogP contribution in [0.3, 0.4) is 0 Å². The minimum atomic E-state index is 0.434. The smallest absolute Gasteiger partial charge is 0.102 e. The van der Waals surface area contributed by atoms with E-state index in [2.05, 4.69) is 52.6 Å². The molecule has 4 rings (SSSR count). The van der Waals surface area contributed by atoms with Gasteiger partial charge in [-0.2, -0.15) is 5.10 Å². The van der Waals surface area contributed by atoms with Crippen molar-refractivity contribution in [3.63, 3.8) is 0 Å². The van der Waals surface area contributed by atoms with Crippen molar-refractivity contribution in [2.45, 2.75) is 39.2 Å². The third-order valence-corrected chi connectivity index (χ3v) is 5.84. The van der Waals surface area contributed by atoms with Crippen molar-refractivity contribution in [2.75, 3.05) is 19.6 Å². The first-order valence-corrected chi connectivity index (χ1v) is 10.0. The molecule has 3 heterocycles. The predicted molar refractivity (Wildman–Crippen MR) is 110 cm³/mol. The standard InChI is InChI=1S/C22H29N5/c1-4-19(15-26-12-8-9-13-26)27-16-23-14-20(27)21-17(2)25(3)24-22(21)18-10-6-5-7-11-18/h5-7,10-11,14,16,19H,4,8-9,12-13,15H2,1-3H3/t19-/m0/s1. The fourth-order valence-corrected chi connectivity index (χ4v) is 4.18. The second-order valence-electron chi connectivity index (χ2n) is 7.55. The Hall–Kier alpha value is -2.40. The molecule has 0 bridgehead atoms. The molecule has 0 radical (unpaired) electrons. The Bertz CT molecular complexity index is 887. The van der Waals surface area contributed by atoms with E-state index in [-0.39, 0.29) is 0 Å². The Morgan fingerprint density at radius 2 is 1.85 bits per heavy atom. The van der Waals surface area contributed by atoms with E-state index >= 15 is 0 Å². The fraction of sp³-hybridized carbons (Fsp3) is 0.455. The molecule has 5 heteroatoms. The first-order valence-electron chi connectivity index (χ1n) is 10.0. The monoisotopic (exact) mass is 363 g/mol. The van der Waals surface area contributed by atoms with Crippen LogP contribution in [0, 0.1) is 6.92 Å². The molecule has 5 nitrogen and oxygen atoms in total. The summed E-state index contributed by atoms with van der Waals surface area (Å²) in [5.41, 5.74) is 5.73. The molecule has 1 aliphatic rings. The van der Waals surface area contributed by atoms with Gasteiger partial charge in [-0.05, 0) is 39.3 Å². The van der Waals surface area contributed by atoms with Gasteiger partial charge in [0.2, 0.25) is 0 Å². The summed E-state index contributed by atoms with van der Waals surface area (Å²) < 4.78 is 4.35. The molecule has 0 spiro atoms. The minimum Gasteiger partial charge on any atom is -0.326 e. The third-order valence-electron chi connectivity index (χ3n) is 5.84. The predicted octanol–water partition coefficient (Wildman–Crippen LogP) is 4.31. The van der Waals surface area contributed by atoms with Gasteiger partial charge in [-0.1, -0.05) is 37.3 Å². The van der Waals surface area contributed by atoms with E-state index in [0.29, 0.717) is 6.04 Å². The number of imidazole rings is 1. The van der Waals surface area contributed by atoms with Gasteiger partial charge in [-0.3, -0.25) is 4.68 Å². The number of aromatic nitrogens is 4. The molecule has 0 unspecified atom stereocenters. The molecule has 27 heavy (non-hydrogen) atoms. The molecule has 1 aromatic carbocycles. The van der Waals surface area contributed by atoms with Crippen LogP contribution in [-0.4, -0.2) is 43.9 Å². The van der Waals surface area contributed by atoms with Crippen LogP contribution in [0.1, 0.15) is 37.9 Å². The lowest BCUT2D eigenvalue weighted by Gasteiger charge is -2.25. The van der Waals surface area contributed by atoms with Crippen LogP contribution < -0.4 is 0 Å². The summed E-state index contributed by atoms with van der Waals surface area (Å²) in [4.78, 5) is 7.12. The number of likely N-dealkylation sites (tertiary alicyclic amines) is 1. The largest absolute Gasteiger partial charge is 0.326 e. The zero-order valence-corrected chi connectivity index (χ0v) is 16.6. The maximum absolute atomic E-state index is 4.83. The first kappa shape index (κ1) is 18.0. The number of benzene rings is 1. The van der Waals surface area contributed by atoms with Crippen LogP contribution >= 0.6 is 0 Å². The second-order valence-corrected chi connectivity index (χ2v) is 7.55. The molecule has 0 N–H and O–H groups in total. The summed E-state index contributed by atoms with van der Waals surface area (Å²) in [5, 5.41) is 4.83. The highest BCUT2D eigenvalue weighted by Crippen LogP contribution is 2.35. The summed E-state index contributed by atoms with van der Waals surface area (Å²) in [5.74, 6) is 0.